The SMILES string of the molecule is O=S(=O)(NCCc1cn[nH]c1)NCC1CC(c2c(-c3ccc(F)cc3)[nH]c3c(F)cc(F)cc23)C1. The first kappa shape index (κ1) is 23.6. The molecule has 1 aliphatic rings. The molecule has 0 unspecified atom stereocenters. The Hall–Kier alpha value is -3.15. The van der Waals surface area contributed by atoms with Gasteiger partial charge in [-0.3, -0.25) is 5.10 Å². The number of halogens is 3. The summed E-state index contributed by atoms with van der Waals surface area (Å²) in [7, 11) is -3.65. The van der Waals surface area contributed by atoms with Crippen LogP contribution < -0.4 is 9.44 Å². The van der Waals surface area contributed by atoms with Gasteiger partial charge in [-0.2, -0.15) is 13.5 Å². The number of H-pyrrole nitrogens is 2. The van der Waals surface area contributed by atoms with E-state index in [1.54, 1.807) is 24.5 Å². The summed E-state index contributed by atoms with van der Waals surface area (Å²) in [6.07, 6.45) is 5.16. The molecule has 4 aromatic rings. The number of nitrogens with one attached hydrogen (secondary N) is 4. The van der Waals surface area contributed by atoms with Gasteiger partial charge in [0.05, 0.1) is 17.4 Å². The van der Waals surface area contributed by atoms with Crippen LogP contribution in [0.15, 0.2) is 48.8 Å². The lowest BCUT2D eigenvalue weighted by atomic mass is 9.70. The Labute approximate surface area is 200 Å². The lowest BCUT2D eigenvalue weighted by Crippen LogP contribution is -2.42. The van der Waals surface area contributed by atoms with Crippen LogP contribution >= 0.6 is 0 Å². The van der Waals surface area contributed by atoms with Crippen LogP contribution in [-0.2, 0) is 16.6 Å². The minimum absolute atomic E-state index is 0.0199. The number of hydrogen-bond donors (Lipinski definition) is 4. The highest BCUT2D eigenvalue weighted by Crippen LogP contribution is 2.48. The molecule has 1 aliphatic carbocycles. The largest absolute Gasteiger partial charge is 0.352 e. The minimum atomic E-state index is -3.65. The van der Waals surface area contributed by atoms with E-state index in [0.29, 0.717) is 35.9 Å². The molecule has 0 aliphatic heterocycles. The van der Waals surface area contributed by atoms with E-state index in [1.165, 1.54) is 18.2 Å². The summed E-state index contributed by atoms with van der Waals surface area (Å²) in [5, 5.41) is 6.95. The van der Waals surface area contributed by atoms with Crippen molar-refractivity contribution in [3.8, 4) is 11.3 Å². The van der Waals surface area contributed by atoms with Gasteiger partial charge in [-0.15, -0.1) is 0 Å². The molecule has 0 saturated heterocycles. The monoisotopic (exact) mass is 503 g/mol. The van der Waals surface area contributed by atoms with Gasteiger partial charge >= 0.3 is 0 Å². The Morgan fingerprint density at radius 1 is 1.03 bits per heavy atom. The molecule has 1 saturated carbocycles. The number of rotatable bonds is 9. The Balaban J connectivity index is 1.27. The van der Waals surface area contributed by atoms with Gasteiger partial charge in [0.25, 0.3) is 10.2 Å². The number of nitrogens with zero attached hydrogens (tertiary/aromatic N) is 1. The van der Waals surface area contributed by atoms with Crippen LogP contribution in [0.1, 0.15) is 29.9 Å². The van der Waals surface area contributed by atoms with Crippen molar-refractivity contribution in [2.45, 2.75) is 25.2 Å². The molecule has 0 atom stereocenters. The molecule has 1 fully saturated rings. The van der Waals surface area contributed by atoms with Crippen LogP contribution in [0.4, 0.5) is 13.2 Å². The molecule has 2 aromatic heterocycles. The summed E-state index contributed by atoms with van der Waals surface area (Å²) in [4.78, 5) is 3.06. The van der Waals surface area contributed by atoms with Crippen molar-refractivity contribution in [2.24, 2.45) is 5.92 Å². The highest BCUT2D eigenvalue weighted by atomic mass is 32.2. The molecule has 11 heteroatoms. The Kier molecular flexibility index (Phi) is 6.39. The first-order valence-corrected chi connectivity index (χ1v) is 12.8. The summed E-state index contributed by atoms with van der Waals surface area (Å²) in [6.45, 7) is 0.504. The van der Waals surface area contributed by atoms with E-state index in [0.717, 1.165) is 17.2 Å². The fourth-order valence-electron chi connectivity index (χ4n) is 4.67. The summed E-state index contributed by atoms with van der Waals surface area (Å²) in [5.41, 5.74) is 3.16. The van der Waals surface area contributed by atoms with Crippen LogP contribution in [-0.4, -0.2) is 36.7 Å². The molecule has 2 heterocycles. The van der Waals surface area contributed by atoms with Gasteiger partial charge in [0.2, 0.25) is 0 Å². The standard InChI is InChI=1S/C24H24F3N5O2S/c25-18-3-1-16(2-4-18)23-22(20-9-19(26)10-21(27)24(20)32-23)17-7-15(8-17)13-31-35(33,34)30-6-5-14-11-28-29-12-14/h1-4,9-12,15,17,30-32H,5-8,13H2,(H,28,29). The van der Waals surface area contributed by atoms with Crippen molar-refractivity contribution < 1.29 is 21.6 Å². The Morgan fingerprint density at radius 2 is 1.80 bits per heavy atom. The van der Waals surface area contributed by atoms with Gasteiger partial charge in [-0.25, -0.2) is 22.6 Å². The fraction of sp³-hybridized carbons (Fsp3) is 0.292. The molecule has 0 spiro atoms. The molecule has 2 aromatic carbocycles. The topological polar surface area (TPSA) is 103 Å². The van der Waals surface area contributed by atoms with Gasteiger partial charge in [-0.05, 0) is 78.1 Å². The number of hydrogen-bond acceptors (Lipinski definition) is 3. The maximum atomic E-state index is 14.5. The van der Waals surface area contributed by atoms with E-state index in [4.69, 9.17) is 0 Å². The number of benzene rings is 2. The summed E-state index contributed by atoms with van der Waals surface area (Å²) in [5.74, 6) is -1.70. The minimum Gasteiger partial charge on any atom is -0.352 e. The second-order valence-electron chi connectivity index (χ2n) is 8.87. The fourth-order valence-corrected chi connectivity index (χ4v) is 5.60. The average molecular weight is 504 g/mol. The van der Waals surface area contributed by atoms with Gasteiger partial charge in [0, 0.05) is 30.7 Å². The highest BCUT2D eigenvalue weighted by molar-refractivity contribution is 7.87. The van der Waals surface area contributed by atoms with Crippen molar-refractivity contribution in [2.75, 3.05) is 13.1 Å². The average Bonchev–Trinajstić information content (AvgIpc) is 3.42. The smallest absolute Gasteiger partial charge is 0.276 e. The zero-order valence-corrected chi connectivity index (χ0v) is 19.4. The summed E-state index contributed by atoms with van der Waals surface area (Å²) < 4.78 is 71.6. The first-order chi connectivity index (χ1) is 16.8. The van der Waals surface area contributed by atoms with Crippen molar-refractivity contribution in [1.29, 1.82) is 0 Å². The van der Waals surface area contributed by atoms with E-state index >= 15 is 0 Å². The molecule has 5 rings (SSSR count). The third kappa shape index (κ3) is 5.12. The molecule has 184 valence electrons. The van der Waals surface area contributed by atoms with E-state index in [9.17, 15) is 21.6 Å². The molecule has 7 nitrogen and oxygen atoms in total. The first-order valence-electron chi connectivity index (χ1n) is 11.3. The number of fused-ring (bicyclic) bond motifs is 1. The van der Waals surface area contributed by atoms with Gasteiger partial charge in [0.1, 0.15) is 17.5 Å². The van der Waals surface area contributed by atoms with Gasteiger partial charge in [0.15, 0.2) is 0 Å². The van der Waals surface area contributed by atoms with Crippen LogP contribution in [0, 0.1) is 23.4 Å². The second kappa shape index (κ2) is 9.48. The van der Waals surface area contributed by atoms with Crippen molar-refractivity contribution in [3.63, 3.8) is 0 Å². The molecule has 0 amide bonds. The Bertz CT molecular complexity index is 1430. The highest BCUT2D eigenvalue weighted by Gasteiger charge is 2.35. The van der Waals surface area contributed by atoms with Crippen molar-refractivity contribution in [3.05, 3.63) is 77.4 Å². The molecular formula is C24H24F3N5O2S. The molecule has 0 radical (unpaired) electrons. The number of aromatic amines is 2. The molecular weight excluding hydrogens is 479 g/mol. The zero-order chi connectivity index (χ0) is 24.6. The van der Waals surface area contributed by atoms with Crippen LogP contribution in [0.2, 0.25) is 0 Å². The van der Waals surface area contributed by atoms with E-state index < -0.39 is 27.7 Å². The molecule has 4 N–H and O–H groups in total. The predicted molar refractivity (Wildman–Crippen MR) is 126 cm³/mol. The Morgan fingerprint density at radius 3 is 2.51 bits per heavy atom. The van der Waals surface area contributed by atoms with E-state index in [-0.39, 0.29) is 30.4 Å². The lowest BCUT2D eigenvalue weighted by molar-refractivity contribution is 0.267. The number of aromatic nitrogens is 3. The predicted octanol–water partition coefficient (Wildman–Crippen LogP) is 4.14. The maximum absolute atomic E-state index is 14.5. The zero-order valence-electron chi connectivity index (χ0n) is 18.6. The second-order valence-corrected chi connectivity index (χ2v) is 10.5. The van der Waals surface area contributed by atoms with Crippen molar-refractivity contribution in [1.82, 2.24) is 24.6 Å². The summed E-state index contributed by atoms with van der Waals surface area (Å²) in [6, 6.07) is 7.96. The third-order valence-corrected chi connectivity index (χ3v) is 7.59. The van der Waals surface area contributed by atoms with Crippen LogP contribution in [0.3, 0.4) is 0 Å². The van der Waals surface area contributed by atoms with Crippen LogP contribution in [0.25, 0.3) is 22.2 Å². The third-order valence-electron chi connectivity index (χ3n) is 6.46. The molecule has 35 heavy (non-hydrogen) atoms. The van der Waals surface area contributed by atoms with Gasteiger partial charge < -0.3 is 4.98 Å². The van der Waals surface area contributed by atoms with E-state index in [1.807, 2.05) is 0 Å². The quantitative estimate of drug-likeness (QED) is 0.276. The molecule has 0 bridgehead atoms. The maximum Gasteiger partial charge on any atom is 0.276 e. The normalized spacial score (nSPS) is 18.1. The van der Waals surface area contributed by atoms with Crippen molar-refractivity contribution >= 4 is 21.1 Å². The van der Waals surface area contributed by atoms with Gasteiger partial charge in [-0.1, -0.05) is 0 Å². The summed E-state index contributed by atoms with van der Waals surface area (Å²) >= 11 is 0. The van der Waals surface area contributed by atoms with E-state index in [2.05, 4.69) is 24.6 Å². The lowest BCUT2D eigenvalue weighted by Gasteiger charge is -2.36. The van der Waals surface area contributed by atoms with Crippen LogP contribution in [0.5, 0.6) is 0 Å².